The molecule has 18 heavy (non-hydrogen) atoms. The van der Waals surface area contributed by atoms with Crippen LogP contribution in [0.3, 0.4) is 0 Å². The van der Waals surface area contributed by atoms with E-state index < -0.39 is 0 Å². The van der Waals surface area contributed by atoms with Gasteiger partial charge in [0.05, 0.1) is 11.6 Å². The van der Waals surface area contributed by atoms with Crippen molar-refractivity contribution in [2.24, 2.45) is 0 Å². The van der Waals surface area contributed by atoms with Crippen LogP contribution in [-0.2, 0) is 6.54 Å². The van der Waals surface area contributed by atoms with Crippen molar-refractivity contribution in [3.05, 3.63) is 64.4 Å². The normalized spacial score (nSPS) is 9.83. The molecular weight excluding hydrogens is 251 g/mol. The van der Waals surface area contributed by atoms with E-state index in [9.17, 15) is 4.39 Å². The SMILES string of the molecule is N#Cc1cccc(NCc2cc(F)ccc2Cl)c1. The van der Waals surface area contributed by atoms with Gasteiger partial charge >= 0.3 is 0 Å². The molecule has 0 aliphatic rings. The van der Waals surface area contributed by atoms with Crippen LogP contribution in [0.2, 0.25) is 5.02 Å². The molecule has 90 valence electrons. The number of nitriles is 1. The Morgan fingerprint density at radius 1 is 1.22 bits per heavy atom. The summed E-state index contributed by atoms with van der Waals surface area (Å²) in [6.07, 6.45) is 0. The molecule has 0 bridgehead atoms. The lowest BCUT2D eigenvalue weighted by atomic mass is 10.2. The largest absolute Gasteiger partial charge is 0.381 e. The van der Waals surface area contributed by atoms with Gasteiger partial charge in [-0.05, 0) is 42.0 Å². The molecule has 2 aromatic carbocycles. The van der Waals surface area contributed by atoms with E-state index in [0.29, 0.717) is 22.7 Å². The number of benzene rings is 2. The molecule has 2 nitrogen and oxygen atoms in total. The van der Waals surface area contributed by atoms with E-state index >= 15 is 0 Å². The molecule has 0 spiro atoms. The Labute approximate surface area is 110 Å². The minimum Gasteiger partial charge on any atom is -0.381 e. The first-order valence-corrected chi connectivity index (χ1v) is 5.75. The Bertz CT molecular complexity index is 605. The Balaban J connectivity index is 2.11. The van der Waals surface area contributed by atoms with Gasteiger partial charge in [-0.15, -0.1) is 0 Å². The van der Waals surface area contributed by atoms with Gasteiger partial charge in [-0.25, -0.2) is 4.39 Å². The minimum absolute atomic E-state index is 0.318. The Kier molecular flexibility index (Phi) is 3.81. The van der Waals surface area contributed by atoms with Crippen LogP contribution in [0.15, 0.2) is 42.5 Å². The average molecular weight is 261 g/mol. The lowest BCUT2D eigenvalue weighted by molar-refractivity contribution is 0.626. The van der Waals surface area contributed by atoms with E-state index in [4.69, 9.17) is 16.9 Å². The maximum atomic E-state index is 13.1. The van der Waals surface area contributed by atoms with Crippen LogP contribution >= 0.6 is 11.6 Å². The van der Waals surface area contributed by atoms with Crippen molar-refractivity contribution in [3.63, 3.8) is 0 Å². The van der Waals surface area contributed by atoms with Crippen molar-refractivity contribution in [1.29, 1.82) is 5.26 Å². The highest BCUT2D eigenvalue weighted by atomic mass is 35.5. The summed E-state index contributed by atoms with van der Waals surface area (Å²) >= 11 is 5.96. The Morgan fingerprint density at radius 3 is 2.83 bits per heavy atom. The summed E-state index contributed by atoms with van der Waals surface area (Å²) in [6.45, 7) is 0.408. The van der Waals surface area contributed by atoms with Gasteiger partial charge in [0.15, 0.2) is 0 Å². The van der Waals surface area contributed by atoms with Crippen molar-refractivity contribution in [2.45, 2.75) is 6.54 Å². The summed E-state index contributed by atoms with van der Waals surface area (Å²) < 4.78 is 13.1. The molecule has 0 saturated heterocycles. The van der Waals surface area contributed by atoms with Crippen LogP contribution in [0.4, 0.5) is 10.1 Å². The van der Waals surface area contributed by atoms with E-state index in [0.717, 1.165) is 5.69 Å². The highest BCUT2D eigenvalue weighted by molar-refractivity contribution is 6.31. The molecule has 0 heterocycles. The molecule has 0 fully saturated rings. The average Bonchev–Trinajstić information content (AvgIpc) is 2.40. The maximum Gasteiger partial charge on any atom is 0.123 e. The molecule has 1 N–H and O–H groups in total. The molecule has 0 aromatic heterocycles. The lowest BCUT2D eigenvalue weighted by Gasteiger charge is -2.08. The third-order valence-corrected chi connectivity index (χ3v) is 2.85. The molecule has 4 heteroatoms. The lowest BCUT2D eigenvalue weighted by Crippen LogP contribution is -2.00. The Hall–Kier alpha value is -2.05. The van der Waals surface area contributed by atoms with Crippen molar-refractivity contribution >= 4 is 17.3 Å². The maximum absolute atomic E-state index is 13.1. The predicted octanol–water partition coefficient (Wildman–Crippen LogP) is 3.96. The molecule has 0 amide bonds. The molecule has 2 rings (SSSR count). The number of nitrogens with zero attached hydrogens (tertiary/aromatic N) is 1. The third kappa shape index (κ3) is 2.99. The summed E-state index contributed by atoms with van der Waals surface area (Å²) in [4.78, 5) is 0. The highest BCUT2D eigenvalue weighted by Crippen LogP contribution is 2.19. The summed E-state index contributed by atoms with van der Waals surface area (Å²) in [5, 5.41) is 12.4. The Morgan fingerprint density at radius 2 is 2.06 bits per heavy atom. The van der Waals surface area contributed by atoms with Crippen LogP contribution in [0.1, 0.15) is 11.1 Å². The van der Waals surface area contributed by atoms with E-state index in [1.54, 1.807) is 18.2 Å². The zero-order chi connectivity index (χ0) is 13.0. The van der Waals surface area contributed by atoms with Gasteiger partial charge in [-0.3, -0.25) is 0 Å². The van der Waals surface area contributed by atoms with Crippen molar-refractivity contribution < 1.29 is 4.39 Å². The quantitative estimate of drug-likeness (QED) is 0.907. The smallest absolute Gasteiger partial charge is 0.123 e. The van der Waals surface area contributed by atoms with Gasteiger partial charge in [0.2, 0.25) is 0 Å². The molecule has 0 radical (unpaired) electrons. The number of anilines is 1. The van der Waals surface area contributed by atoms with Crippen molar-refractivity contribution in [2.75, 3.05) is 5.32 Å². The van der Waals surface area contributed by atoms with Gasteiger partial charge < -0.3 is 5.32 Å². The first-order chi connectivity index (χ1) is 8.69. The first-order valence-electron chi connectivity index (χ1n) is 5.37. The van der Waals surface area contributed by atoms with E-state index in [1.807, 2.05) is 6.07 Å². The van der Waals surface area contributed by atoms with Crippen LogP contribution in [0, 0.1) is 17.1 Å². The summed E-state index contributed by atoms with van der Waals surface area (Å²) in [7, 11) is 0. The highest BCUT2D eigenvalue weighted by Gasteiger charge is 2.02. The number of hydrogen-bond donors (Lipinski definition) is 1. The standard InChI is InChI=1S/C14H10ClFN2/c15-14-5-4-12(16)7-11(14)9-18-13-3-1-2-10(6-13)8-17/h1-7,18H,9H2. The summed E-state index contributed by atoms with van der Waals surface area (Å²) in [5.74, 6) is -0.318. The van der Waals surface area contributed by atoms with Crippen LogP contribution < -0.4 is 5.32 Å². The molecule has 0 unspecified atom stereocenters. The molecule has 2 aromatic rings. The number of rotatable bonds is 3. The van der Waals surface area contributed by atoms with Gasteiger partial charge in [-0.2, -0.15) is 5.26 Å². The van der Waals surface area contributed by atoms with Crippen LogP contribution in [0.25, 0.3) is 0 Å². The molecule has 0 aliphatic heterocycles. The topological polar surface area (TPSA) is 35.8 Å². The van der Waals surface area contributed by atoms with Crippen LogP contribution in [-0.4, -0.2) is 0 Å². The molecule has 0 atom stereocenters. The fourth-order valence-corrected chi connectivity index (χ4v) is 1.76. The zero-order valence-electron chi connectivity index (χ0n) is 9.45. The summed E-state index contributed by atoms with van der Waals surface area (Å²) in [5.41, 5.74) is 2.05. The minimum atomic E-state index is -0.318. The molecular formula is C14H10ClFN2. The second-order valence-electron chi connectivity index (χ2n) is 3.78. The number of halogens is 2. The zero-order valence-corrected chi connectivity index (χ0v) is 10.2. The van der Waals surface area contributed by atoms with E-state index in [-0.39, 0.29) is 5.82 Å². The summed E-state index contributed by atoms with van der Waals surface area (Å²) in [6, 6.07) is 13.4. The second-order valence-corrected chi connectivity index (χ2v) is 4.19. The van der Waals surface area contributed by atoms with Gasteiger partial charge in [-0.1, -0.05) is 17.7 Å². The van der Waals surface area contributed by atoms with Crippen molar-refractivity contribution in [3.8, 4) is 6.07 Å². The number of nitrogens with one attached hydrogen (secondary N) is 1. The fourth-order valence-electron chi connectivity index (χ4n) is 1.57. The van der Waals surface area contributed by atoms with Crippen molar-refractivity contribution in [1.82, 2.24) is 0 Å². The fraction of sp³-hybridized carbons (Fsp3) is 0.0714. The van der Waals surface area contributed by atoms with Gasteiger partial charge in [0, 0.05) is 17.3 Å². The number of hydrogen-bond acceptors (Lipinski definition) is 2. The molecule has 0 aliphatic carbocycles. The van der Waals surface area contributed by atoms with Crippen LogP contribution in [0.5, 0.6) is 0 Å². The third-order valence-electron chi connectivity index (χ3n) is 2.48. The first kappa shape index (κ1) is 12.4. The van der Waals surface area contributed by atoms with E-state index in [1.165, 1.54) is 18.2 Å². The monoisotopic (exact) mass is 260 g/mol. The predicted molar refractivity (Wildman–Crippen MR) is 69.9 cm³/mol. The van der Waals surface area contributed by atoms with E-state index in [2.05, 4.69) is 11.4 Å². The molecule has 0 saturated carbocycles. The van der Waals surface area contributed by atoms with Gasteiger partial charge in [0.25, 0.3) is 0 Å². The van der Waals surface area contributed by atoms with Gasteiger partial charge in [0.1, 0.15) is 5.82 Å². The second kappa shape index (κ2) is 5.52.